The van der Waals surface area contributed by atoms with Crippen molar-refractivity contribution in [1.82, 2.24) is 10.3 Å². The molecule has 0 unspecified atom stereocenters. The molecular formula is C14H20F4N2O. The number of nitrogens with zero attached hydrogens (tertiary/aromatic N) is 1. The second-order valence-electron chi connectivity index (χ2n) is 5.04. The standard InChI is InChI=1S/C14H20F4N2O/c1-4-11-5-10(7-19-9(2)3)6-12(20-11)21-8-14(17,18)13(15)16/h5-6,9,13,19H,4,7-8H2,1-3H3. The summed E-state index contributed by atoms with van der Waals surface area (Å²) in [5, 5.41) is 3.18. The van der Waals surface area contributed by atoms with Gasteiger partial charge in [-0.25, -0.2) is 13.8 Å². The van der Waals surface area contributed by atoms with Crippen LogP contribution in [-0.2, 0) is 13.0 Å². The van der Waals surface area contributed by atoms with E-state index in [4.69, 9.17) is 4.74 Å². The molecule has 0 aliphatic carbocycles. The van der Waals surface area contributed by atoms with E-state index < -0.39 is 19.0 Å². The molecular weight excluding hydrogens is 288 g/mol. The average molecular weight is 308 g/mol. The Bertz CT molecular complexity index is 453. The first-order chi connectivity index (χ1) is 9.74. The summed E-state index contributed by atoms with van der Waals surface area (Å²) in [5.41, 5.74) is 1.47. The van der Waals surface area contributed by atoms with E-state index in [0.717, 1.165) is 5.56 Å². The second kappa shape index (κ2) is 7.59. The van der Waals surface area contributed by atoms with Crippen LogP contribution in [0.15, 0.2) is 12.1 Å². The molecule has 1 rings (SSSR count). The van der Waals surface area contributed by atoms with Crippen molar-refractivity contribution in [3.8, 4) is 5.88 Å². The molecule has 0 amide bonds. The van der Waals surface area contributed by atoms with Gasteiger partial charge in [0.2, 0.25) is 5.88 Å². The molecule has 0 aliphatic rings. The van der Waals surface area contributed by atoms with Gasteiger partial charge in [-0.2, -0.15) is 8.78 Å². The van der Waals surface area contributed by atoms with E-state index in [1.165, 1.54) is 6.07 Å². The van der Waals surface area contributed by atoms with Crippen LogP contribution in [0, 0.1) is 0 Å². The number of alkyl halides is 4. The Morgan fingerprint density at radius 1 is 1.29 bits per heavy atom. The Morgan fingerprint density at radius 2 is 1.95 bits per heavy atom. The highest BCUT2D eigenvalue weighted by molar-refractivity contribution is 5.25. The summed E-state index contributed by atoms with van der Waals surface area (Å²) < 4.78 is 54.6. The number of rotatable bonds is 8. The molecule has 0 aliphatic heterocycles. The van der Waals surface area contributed by atoms with Gasteiger partial charge in [0, 0.05) is 24.3 Å². The van der Waals surface area contributed by atoms with E-state index in [1.54, 1.807) is 0 Å². The monoisotopic (exact) mass is 308 g/mol. The maximum absolute atomic E-state index is 12.9. The molecule has 21 heavy (non-hydrogen) atoms. The summed E-state index contributed by atoms with van der Waals surface area (Å²) in [4.78, 5) is 4.01. The smallest absolute Gasteiger partial charge is 0.340 e. The van der Waals surface area contributed by atoms with Crippen LogP contribution >= 0.6 is 0 Å². The zero-order valence-corrected chi connectivity index (χ0v) is 12.3. The third-order valence-electron chi connectivity index (χ3n) is 2.72. The predicted octanol–water partition coefficient (Wildman–Crippen LogP) is 3.42. The van der Waals surface area contributed by atoms with Crippen molar-refractivity contribution in [3.63, 3.8) is 0 Å². The summed E-state index contributed by atoms with van der Waals surface area (Å²) in [6.07, 6.45) is -3.16. The summed E-state index contributed by atoms with van der Waals surface area (Å²) >= 11 is 0. The van der Waals surface area contributed by atoms with Crippen molar-refractivity contribution in [2.24, 2.45) is 0 Å². The lowest BCUT2D eigenvalue weighted by Gasteiger charge is -2.16. The van der Waals surface area contributed by atoms with Crippen LogP contribution in [0.1, 0.15) is 32.0 Å². The van der Waals surface area contributed by atoms with Gasteiger partial charge >= 0.3 is 12.3 Å². The zero-order chi connectivity index (χ0) is 16.0. The third kappa shape index (κ3) is 5.87. The first kappa shape index (κ1) is 17.7. The van der Waals surface area contributed by atoms with Crippen molar-refractivity contribution in [2.45, 2.75) is 52.1 Å². The fraction of sp³-hybridized carbons (Fsp3) is 0.643. The molecule has 0 saturated heterocycles. The van der Waals surface area contributed by atoms with Gasteiger partial charge in [0.1, 0.15) is 0 Å². The Morgan fingerprint density at radius 3 is 2.48 bits per heavy atom. The van der Waals surface area contributed by atoms with E-state index in [-0.39, 0.29) is 11.9 Å². The molecule has 0 bridgehead atoms. The molecule has 0 atom stereocenters. The zero-order valence-electron chi connectivity index (χ0n) is 12.3. The summed E-state index contributed by atoms with van der Waals surface area (Å²) in [6.45, 7) is 4.95. The van der Waals surface area contributed by atoms with E-state index in [1.807, 2.05) is 26.8 Å². The van der Waals surface area contributed by atoms with Gasteiger partial charge < -0.3 is 10.1 Å². The van der Waals surface area contributed by atoms with Crippen molar-refractivity contribution in [2.75, 3.05) is 6.61 Å². The first-order valence-corrected chi connectivity index (χ1v) is 6.76. The van der Waals surface area contributed by atoms with Crippen LogP contribution in [-0.4, -0.2) is 30.0 Å². The van der Waals surface area contributed by atoms with Crippen molar-refractivity contribution >= 4 is 0 Å². The minimum Gasteiger partial charge on any atom is -0.471 e. The molecule has 1 aromatic rings. The highest BCUT2D eigenvalue weighted by Gasteiger charge is 2.41. The van der Waals surface area contributed by atoms with Gasteiger partial charge in [-0.1, -0.05) is 20.8 Å². The summed E-state index contributed by atoms with van der Waals surface area (Å²) in [6, 6.07) is 3.57. The average Bonchev–Trinajstić information content (AvgIpc) is 2.42. The molecule has 7 heteroatoms. The lowest BCUT2D eigenvalue weighted by molar-refractivity contribution is -0.148. The highest BCUT2D eigenvalue weighted by Crippen LogP contribution is 2.24. The van der Waals surface area contributed by atoms with Crippen LogP contribution in [0.25, 0.3) is 0 Å². The largest absolute Gasteiger partial charge is 0.471 e. The number of pyridine rings is 1. The van der Waals surface area contributed by atoms with Gasteiger partial charge in [0.25, 0.3) is 0 Å². The molecule has 0 spiro atoms. The van der Waals surface area contributed by atoms with Crippen molar-refractivity contribution in [3.05, 3.63) is 23.4 Å². The molecule has 1 heterocycles. The normalized spacial score (nSPS) is 12.2. The fourth-order valence-electron chi connectivity index (χ4n) is 1.53. The lowest BCUT2D eigenvalue weighted by Crippen LogP contribution is -2.34. The van der Waals surface area contributed by atoms with Gasteiger partial charge in [-0.05, 0) is 18.1 Å². The molecule has 120 valence electrons. The van der Waals surface area contributed by atoms with Crippen molar-refractivity contribution in [1.29, 1.82) is 0 Å². The quantitative estimate of drug-likeness (QED) is 0.747. The van der Waals surface area contributed by atoms with Crippen LogP contribution in [0.4, 0.5) is 17.6 Å². The first-order valence-electron chi connectivity index (χ1n) is 6.76. The van der Waals surface area contributed by atoms with Gasteiger partial charge in [-0.3, -0.25) is 0 Å². The molecule has 0 saturated carbocycles. The van der Waals surface area contributed by atoms with E-state index in [9.17, 15) is 17.6 Å². The third-order valence-corrected chi connectivity index (χ3v) is 2.72. The topological polar surface area (TPSA) is 34.1 Å². The number of aryl methyl sites for hydroxylation is 1. The molecule has 1 aromatic heterocycles. The SMILES string of the molecule is CCc1cc(CNC(C)C)cc(OCC(F)(F)C(F)F)n1. The Labute approximate surface area is 121 Å². The van der Waals surface area contributed by atoms with Crippen molar-refractivity contribution < 1.29 is 22.3 Å². The van der Waals surface area contributed by atoms with Crippen LogP contribution in [0.5, 0.6) is 5.88 Å². The minimum absolute atomic E-state index is 0.0600. The van der Waals surface area contributed by atoms with Crippen LogP contribution in [0.3, 0.4) is 0 Å². The van der Waals surface area contributed by atoms with E-state index in [2.05, 4.69) is 10.3 Å². The van der Waals surface area contributed by atoms with Gasteiger partial charge in [0.15, 0.2) is 6.61 Å². The Kier molecular flexibility index (Phi) is 6.39. The van der Waals surface area contributed by atoms with Crippen LogP contribution < -0.4 is 10.1 Å². The van der Waals surface area contributed by atoms with E-state index >= 15 is 0 Å². The number of halogens is 4. The maximum atomic E-state index is 12.9. The van der Waals surface area contributed by atoms with Gasteiger partial charge in [-0.15, -0.1) is 0 Å². The number of aromatic nitrogens is 1. The fourth-order valence-corrected chi connectivity index (χ4v) is 1.53. The lowest BCUT2D eigenvalue weighted by atomic mass is 10.2. The second-order valence-corrected chi connectivity index (χ2v) is 5.04. The van der Waals surface area contributed by atoms with Crippen LogP contribution in [0.2, 0.25) is 0 Å². The number of ether oxygens (including phenoxy) is 1. The predicted molar refractivity (Wildman–Crippen MR) is 72.0 cm³/mol. The number of nitrogens with one attached hydrogen (secondary N) is 1. The molecule has 1 N–H and O–H groups in total. The van der Waals surface area contributed by atoms with Gasteiger partial charge in [0.05, 0.1) is 0 Å². The number of hydrogen-bond donors (Lipinski definition) is 1. The molecule has 3 nitrogen and oxygen atoms in total. The Balaban J connectivity index is 2.79. The molecule has 0 aromatic carbocycles. The molecule has 0 radical (unpaired) electrons. The number of hydrogen-bond acceptors (Lipinski definition) is 3. The van der Waals surface area contributed by atoms with E-state index in [0.29, 0.717) is 18.7 Å². The molecule has 0 fully saturated rings. The minimum atomic E-state index is -4.18. The Hall–Kier alpha value is -1.37. The highest BCUT2D eigenvalue weighted by atomic mass is 19.3. The maximum Gasteiger partial charge on any atom is 0.340 e. The summed E-state index contributed by atoms with van der Waals surface area (Å²) in [5.74, 6) is -4.24. The summed E-state index contributed by atoms with van der Waals surface area (Å²) in [7, 11) is 0.